The summed E-state index contributed by atoms with van der Waals surface area (Å²) in [7, 11) is 0. The Morgan fingerprint density at radius 2 is 1.89 bits per heavy atom. The molecule has 1 amide bonds. The van der Waals surface area contributed by atoms with Gasteiger partial charge >= 0.3 is 0 Å². The Morgan fingerprint density at radius 1 is 1.32 bits per heavy atom. The number of anilines is 1. The van der Waals surface area contributed by atoms with E-state index in [4.69, 9.17) is 0 Å². The first-order chi connectivity index (χ1) is 8.64. The number of carbonyl (C=O) groups is 1. The summed E-state index contributed by atoms with van der Waals surface area (Å²) in [6.07, 6.45) is 0. The third-order valence-electron chi connectivity index (χ3n) is 2.94. The number of amides is 1. The maximum Gasteiger partial charge on any atom is 0.238 e. The van der Waals surface area contributed by atoms with Crippen molar-refractivity contribution in [2.75, 3.05) is 5.32 Å². The lowest BCUT2D eigenvalue weighted by Crippen LogP contribution is -2.27. The van der Waals surface area contributed by atoms with Crippen LogP contribution in [-0.4, -0.2) is 15.8 Å². The number of hydrogen-bond donors (Lipinski definition) is 2. The second kappa shape index (κ2) is 5.95. The van der Waals surface area contributed by atoms with Crippen molar-refractivity contribution in [3.05, 3.63) is 23.8 Å². The first kappa shape index (κ1) is 16.0. The fraction of sp³-hybridized carbons (Fsp3) is 0.533. The van der Waals surface area contributed by atoms with Gasteiger partial charge in [0.25, 0.3) is 0 Å². The van der Waals surface area contributed by atoms with Gasteiger partial charge in [0, 0.05) is 5.56 Å². The number of para-hydroxylation sites is 1. The molecule has 106 valence electrons. The Balaban J connectivity index is 3.01. The van der Waals surface area contributed by atoms with Crippen LogP contribution >= 0.6 is 15.9 Å². The molecule has 1 atom stereocenters. The first-order valence-corrected chi connectivity index (χ1v) is 7.33. The van der Waals surface area contributed by atoms with Crippen LogP contribution in [0.3, 0.4) is 0 Å². The van der Waals surface area contributed by atoms with E-state index in [-0.39, 0.29) is 27.8 Å². The third kappa shape index (κ3) is 3.96. The Morgan fingerprint density at radius 3 is 2.37 bits per heavy atom. The molecule has 2 N–H and O–H groups in total. The zero-order valence-corrected chi connectivity index (χ0v) is 13.7. The second-order valence-electron chi connectivity index (χ2n) is 6.09. The van der Waals surface area contributed by atoms with Gasteiger partial charge in [0.05, 0.1) is 10.5 Å². The Labute approximate surface area is 123 Å². The van der Waals surface area contributed by atoms with Crippen molar-refractivity contribution in [3.8, 4) is 5.75 Å². The van der Waals surface area contributed by atoms with Crippen LogP contribution < -0.4 is 5.32 Å². The SMILES string of the molecule is CC(C)C(Br)C(=O)Nc1cccc(C(C)(C)C)c1O. The summed E-state index contributed by atoms with van der Waals surface area (Å²) in [4.78, 5) is 11.7. The van der Waals surface area contributed by atoms with Crippen molar-refractivity contribution >= 4 is 27.5 Å². The van der Waals surface area contributed by atoms with Crippen LogP contribution in [-0.2, 0) is 10.2 Å². The standard InChI is InChI=1S/C15H22BrNO2/c1-9(2)12(16)14(19)17-11-8-6-7-10(13(11)18)15(3,4)5/h6-9,12,18H,1-5H3,(H,17,19). The van der Waals surface area contributed by atoms with Crippen LogP contribution in [0.5, 0.6) is 5.75 Å². The van der Waals surface area contributed by atoms with Crippen molar-refractivity contribution in [2.24, 2.45) is 5.92 Å². The van der Waals surface area contributed by atoms with Crippen molar-refractivity contribution < 1.29 is 9.90 Å². The molecule has 1 aromatic carbocycles. The quantitative estimate of drug-likeness (QED) is 0.650. The summed E-state index contributed by atoms with van der Waals surface area (Å²) in [5, 5.41) is 13.0. The summed E-state index contributed by atoms with van der Waals surface area (Å²) < 4.78 is 0. The van der Waals surface area contributed by atoms with Crippen LogP contribution in [0.15, 0.2) is 18.2 Å². The highest BCUT2D eigenvalue weighted by Gasteiger charge is 2.23. The van der Waals surface area contributed by atoms with Crippen molar-refractivity contribution in [1.29, 1.82) is 0 Å². The molecule has 0 aliphatic rings. The normalized spacial score (nSPS) is 13.4. The molecule has 3 nitrogen and oxygen atoms in total. The van der Waals surface area contributed by atoms with Gasteiger partial charge < -0.3 is 10.4 Å². The van der Waals surface area contributed by atoms with Gasteiger partial charge in [0.2, 0.25) is 5.91 Å². The molecule has 0 saturated carbocycles. The molecular weight excluding hydrogens is 306 g/mol. The number of benzene rings is 1. The molecule has 0 aliphatic heterocycles. The van der Waals surface area contributed by atoms with Gasteiger partial charge in [0.1, 0.15) is 5.75 Å². The topological polar surface area (TPSA) is 49.3 Å². The minimum absolute atomic E-state index is 0.142. The number of phenols is 1. The average Bonchev–Trinajstić information content (AvgIpc) is 2.29. The summed E-state index contributed by atoms with van der Waals surface area (Å²) in [6, 6.07) is 5.43. The molecule has 0 spiro atoms. The lowest BCUT2D eigenvalue weighted by atomic mass is 9.86. The van der Waals surface area contributed by atoms with E-state index in [9.17, 15) is 9.90 Å². The highest BCUT2D eigenvalue weighted by atomic mass is 79.9. The van der Waals surface area contributed by atoms with Gasteiger partial charge in [-0.2, -0.15) is 0 Å². The molecule has 1 aromatic rings. The fourth-order valence-electron chi connectivity index (χ4n) is 1.75. The minimum Gasteiger partial charge on any atom is -0.505 e. The number of halogens is 1. The molecule has 0 heterocycles. The van der Waals surface area contributed by atoms with Gasteiger partial charge in [-0.15, -0.1) is 0 Å². The number of hydrogen-bond acceptors (Lipinski definition) is 2. The second-order valence-corrected chi connectivity index (χ2v) is 7.07. The van der Waals surface area contributed by atoms with Crippen molar-refractivity contribution in [3.63, 3.8) is 0 Å². The number of rotatable bonds is 3. The highest BCUT2D eigenvalue weighted by Crippen LogP contribution is 2.36. The number of phenolic OH excluding ortho intramolecular Hbond substituents is 1. The van der Waals surface area contributed by atoms with E-state index in [0.29, 0.717) is 5.69 Å². The summed E-state index contributed by atoms with van der Waals surface area (Å²) in [5.74, 6) is 0.191. The smallest absolute Gasteiger partial charge is 0.238 e. The molecule has 0 saturated heterocycles. The van der Waals surface area contributed by atoms with E-state index < -0.39 is 0 Å². The van der Waals surface area contributed by atoms with Crippen LogP contribution in [0.4, 0.5) is 5.69 Å². The van der Waals surface area contributed by atoms with Gasteiger partial charge in [-0.3, -0.25) is 4.79 Å². The largest absolute Gasteiger partial charge is 0.505 e. The van der Waals surface area contributed by atoms with Crippen LogP contribution in [0.2, 0.25) is 0 Å². The third-order valence-corrected chi connectivity index (χ3v) is 4.41. The lowest BCUT2D eigenvalue weighted by molar-refractivity contribution is -0.116. The molecular formula is C15H22BrNO2. The zero-order valence-electron chi connectivity index (χ0n) is 12.1. The molecule has 1 unspecified atom stereocenters. The number of alkyl halides is 1. The molecule has 4 heteroatoms. The predicted octanol–water partition coefficient (Wildman–Crippen LogP) is 4.05. The van der Waals surface area contributed by atoms with Gasteiger partial charge in [-0.05, 0) is 17.4 Å². The van der Waals surface area contributed by atoms with Gasteiger partial charge in [-0.25, -0.2) is 0 Å². The van der Waals surface area contributed by atoms with Crippen molar-refractivity contribution in [1.82, 2.24) is 0 Å². The van der Waals surface area contributed by atoms with Gasteiger partial charge in [0.15, 0.2) is 0 Å². The number of aromatic hydroxyl groups is 1. The molecule has 0 aromatic heterocycles. The minimum atomic E-state index is -0.273. The Kier molecular flexibility index (Phi) is 5.02. The van der Waals surface area contributed by atoms with E-state index >= 15 is 0 Å². The van der Waals surface area contributed by atoms with Crippen LogP contribution in [0, 0.1) is 5.92 Å². The molecule has 0 bridgehead atoms. The zero-order chi connectivity index (χ0) is 14.8. The van der Waals surface area contributed by atoms with Crippen molar-refractivity contribution in [2.45, 2.75) is 44.9 Å². The molecule has 0 radical (unpaired) electrons. The Bertz CT molecular complexity index is 464. The lowest BCUT2D eigenvalue weighted by Gasteiger charge is -2.22. The summed E-state index contributed by atoms with van der Waals surface area (Å²) >= 11 is 3.35. The molecule has 19 heavy (non-hydrogen) atoms. The average molecular weight is 328 g/mol. The van der Waals surface area contributed by atoms with E-state index in [1.165, 1.54) is 0 Å². The van der Waals surface area contributed by atoms with E-state index in [1.54, 1.807) is 6.07 Å². The number of nitrogens with one attached hydrogen (secondary N) is 1. The van der Waals surface area contributed by atoms with E-state index in [2.05, 4.69) is 21.2 Å². The highest BCUT2D eigenvalue weighted by molar-refractivity contribution is 9.10. The predicted molar refractivity (Wildman–Crippen MR) is 83.0 cm³/mol. The Hall–Kier alpha value is -1.03. The summed E-state index contributed by atoms with van der Waals surface area (Å²) in [5.41, 5.74) is 1.11. The molecule has 0 fully saturated rings. The van der Waals surface area contributed by atoms with E-state index in [1.807, 2.05) is 46.8 Å². The summed E-state index contributed by atoms with van der Waals surface area (Å²) in [6.45, 7) is 9.99. The molecule has 1 rings (SSSR count). The molecule has 0 aliphatic carbocycles. The maximum absolute atomic E-state index is 12.0. The maximum atomic E-state index is 12.0. The van der Waals surface area contributed by atoms with Gasteiger partial charge in [-0.1, -0.05) is 62.7 Å². The van der Waals surface area contributed by atoms with Crippen LogP contribution in [0.25, 0.3) is 0 Å². The number of carbonyl (C=O) groups excluding carboxylic acids is 1. The van der Waals surface area contributed by atoms with Crippen LogP contribution in [0.1, 0.15) is 40.2 Å². The first-order valence-electron chi connectivity index (χ1n) is 6.42. The monoisotopic (exact) mass is 327 g/mol. The van der Waals surface area contributed by atoms with E-state index in [0.717, 1.165) is 5.56 Å². The fourth-order valence-corrected chi connectivity index (χ4v) is 1.87.